The molecule has 3 heteroatoms. The lowest BCUT2D eigenvalue weighted by Crippen LogP contribution is -2.31. The summed E-state index contributed by atoms with van der Waals surface area (Å²) in [5, 5.41) is 5.29. The van der Waals surface area contributed by atoms with E-state index in [2.05, 4.69) is 43.1 Å². The van der Waals surface area contributed by atoms with Gasteiger partial charge in [-0.05, 0) is 31.0 Å². The van der Waals surface area contributed by atoms with Crippen molar-refractivity contribution in [2.75, 3.05) is 5.75 Å². The number of nitrogens with one attached hydrogen (secondary N) is 1. The van der Waals surface area contributed by atoms with Gasteiger partial charge in [0.15, 0.2) is 0 Å². The van der Waals surface area contributed by atoms with Crippen LogP contribution in [0.3, 0.4) is 0 Å². The van der Waals surface area contributed by atoms with Gasteiger partial charge in [0.05, 0.1) is 0 Å². The van der Waals surface area contributed by atoms with Crippen LogP contribution in [0.5, 0.6) is 0 Å². The molecular weight excluding hydrogens is 238 g/mol. The van der Waals surface area contributed by atoms with E-state index in [9.17, 15) is 0 Å². The molecule has 1 aliphatic rings. The summed E-state index contributed by atoms with van der Waals surface area (Å²) in [7, 11) is 0. The summed E-state index contributed by atoms with van der Waals surface area (Å²) in [5.74, 6) is 1.24. The molecule has 1 nitrogen and oxygen atoms in total. The SMILES string of the molecule is CC1CC(N[C@@H](C)c2ccc(Cl)cc2)CS1. The zero-order valence-electron chi connectivity index (χ0n) is 9.74. The first kappa shape index (κ1) is 12.3. The van der Waals surface area contributed by atoms with Gasteiger partial charge < -0.3 is 5.32 Å². The maximum Gasteiger partial charge on any atom is 0.0406 e. The van der Waals surface area contributed by atoms with Gasteiger partial charge in [-0.15, -0.1) is 0 Å². The number of hydrogen-bond donors (Lipinski definition) is 1. The number of hydrogen-bond acceptors (Lipinski definition) is 2. The van der Waals surface area contributed by atoms with Crippen molar-refractivity contribution in [3.63, 3.8) is 0 Å². The Balaban J connectivity index is 1.92. The van der Waals surface area contributed by atoms with Crippen molar-refractivity contribution in [2.24, 2.45) is 0 Å². The normalized spacial score (nSPS) is 26.9. The van der Waals surface area contributed by atoms with Gasteiger partial charge in [0, 0.05) is 28.1 Å². The highest BCUT2D eigenvalue weighted by Crippen LogP contribution is 2.27. The molecule has 16 heavy (non-hydrogen) atoms. The van der Waals surface area contributed by atoms with Gasteiger partial charge in [0.2, 0.25) is 0 Å². The quantitative estimate of drug-likeness (QED) is 0.880. The molecule has 0 saturated carbocycles. The minimum Gasteiger partial charge on any atom is -0.307 e. The smallest absolute Gasteiger partial charge is 0.0406 e. The summed E-state index contributed by atoms with van der Waals surface area (Å²) in [6, 6.07) is 9.19. The van der Waals surface area contributed by atoms with E-state index in [0.29, 0.717) is 12.1 Å². The molecule has 1 aromatic carbocycles. The molecular formula is C13H18ClNS. The van der Waals surface area contributed by atoms with Crippen molar-refractivity contribution in [1.29, 1.82) is 0 Å². The molecule has 1 heterocycles. The van der Waals surface area contributed by atoms with E-state index in [4.69, 9.17) is 11.6 Å². The molecule has 2 rings (SSSR count). The Morgan fingerprint density at radius 2 is 2.06 bits per heavy atom. The minimum absolute atomic E-state index is 0.410. The summed E-state index contributed by atoms with van der Waals surface area (Å²) in [4.78, 5) is 0. The molecule has 1 fully saturated rings. The Morgan fingerprint density at radius 1 is 1.38 bits per heavy atom. The lowest BCUT2D eigenvalue weighted by atomic mass is 10.1. The predicted octanol–water partition coefficient (Wildman–Crippen LogP) is 3.88. The standard InChI is InChI=1S/C13H18ClNS/c1-9-7-13(8-16-9)15-10(2)11-3-5-12(14)6-4-11/h3-6,9-10,13,15H,7-8H2,1-2H3/t9?,10-,13?/m0/s1. The Labute approximate surface area is 107 Å². The molecule has 88 valence electrons. The van der Waals surface area contributed by atoms with Crippen LogP contribution in [0.1, 0.15) is 31.9 Å². The van der Waals surface area contributed by atoms with E-state index >= 15 is 0 Å². The molecule has 1 aromatic rings. The number of rotatable bonds is 3. The Kier molecular flexibility index (Phi) is 4.17. The first-order valence-electron chi connectivity index (χ1n) is 5.78. The highest BCUT2D eigenvalue weighted by Gasteiger charge is 2.23. The largest absolute Gasteiger partial charge is 0.307 e. The number of benzene rings is 1. The Hall–Kier alpha value is -0.180. The van der Waals surface area contributed by atoms with Gasteiger partial charge in [-0.3, -0.25) is 0 Å². The Morgan fingerprint density at radius 3 is 2.62 bits per heavy atom. The van der Waals surface area contributed by atoms with Gasteiger partial charge in [0.1, 0.15) is 0 Å². The third-order valence-electron chi connectivity index (χ3n) is 3.05. The highest BCUT2D eigenvalue weighted by atomic mass is 35.5. The number of halogens is 1. The van der Waals surface area contributed by atoms with Crippen LogP contribution in [-0.2, 0) is 0 Å². The van der Waals surface area contributed by atoms with Crippen molar-refractivity contribution in [3.8, 4) is 0 Å². The van der Waals surface area contributed by atoms with E-state index in [0.717, 1.165) is 10.3 Å². The van der Waals surface area contributed by atoms with Crippen LogP contribution in [0, 0.1) is 0 Å². The Bertz CT molecular complexity index is 338. The van der Waals surface area contributed by atoms with Gasteiger partial charge in [-0.1, -0.05) is 30.7 Å². The average Bonchev–Trinajstić information content (AvgIpc) is 2.65. The second kappa shape index (κ2) is 5.44. The molecule has 0 aliphatic carbocycles. The molecule has 0 spiro atoms. The summed E-state index contributed by atoms with van der Waals surface area (Å²) in [6.45, 7) is 4.52. The fraction of sp³-hybridized carbons (Fsp3) is 0.538. The zero-order valence-corrected chi connectivity index (χ0v) is 11.3. The van der Waals surface area contributed by atoms with E-state index in [1.807, 2.05) is 12.1 Å². The first-order chi connectivity index (χ1) is 7.65. The third-order valence-corrected chi connectivity index (χ3v) is 4.66. The lowest BCUT2D eigenvalue weighted by molar-refractivity contribution is 0.474. The zero-order chi connectivity index (χ0) is 11.5. The number of thioether (sulfide) groups is 1. The van der Waals surface area contributed by atoms with Gasteiger partial charge >= 0.3 is 0 Å². The van der Waals surface area contributed by atoms with Crippen LogP contribution in [0.15, 0.2) is 24.3 Å². The van der Waals surface area contributed by atoms with Crippen LogP contribution in [0.2, 0.25) is 5.02 Å². The molecule has 0 radical (unpaired) electrons. The van der Waals surface area contributed by atoms with Gasteiger partial charge in [-0.2, -0.15) is 11.8 Å². The van der Waals surface area contributed by atoms with Crippen LogP contribution in [0.25, 0.3) is 0 Å². The van der Waals surface area contributed by atoms with Crippen molar-refractivity contribution in [2.45, 2.75) is 37.6 Å². The van der Waals surface area contributed by atoms with Gasteiger partial charge in [0.25, 0.3) is 0 Å². The summed E-state index contributed by atoms with van der Waals surface area (Å²) in [6.07, 6.45) is 1.28. The van der Waals surface area contributed by atoms with E-state index in [1.165, 1.54) is 17.7 Å². The van der Waals surface area contributed by atoms with Crippen molar-refractivity contribution in [1.82, 2.24) is 5.32 Å². The first-order valence-corrected chi connectivity index (χ1v) is 7.21. The van der Waals surface area contributed by atoms with Crippen molar-refractivity contribution in [3.05, 3.63) is 34.9 Å². The topological polar surface area (TPSA) is 12.0 Å². The lowest BCUT2D eigenvalue weighted by Gasteiger charge is -2.19. The fourth-order valence-electron chi connectivity index (χ4n) is 2.13. The third kappa shape index (κ3) is 3.16. The van der Waals surface area contributed by atoms with E-state index in [1.54, 1.807) is 0 Å². The summed E-state index contributed by atoms with van der Waals surface area (Å²) >= 11 is 7.94. The van der Waals surface area contributed by atoms with E-state index in [-0.39, 0.29) is 0 Å². The maximum atomic E-state index is 5.88. The molecule has 1 aliphatic heterocycles. The second-order valence-electron chi connectivity index (χ2n) is 4.52. The molecule has 0 aromatic heterocycles. The predicted molar refractivity (Wildman–Crippen MR) is 73.3 cm³/mol. The molecule has 3 atom stereocenters. The molecule has 0 bridgehead atoms. The summed E-state index contributed by atoms with van der Waals surface area (Å²) in [5.41, 5.74) is 1.31. The fourth-order valence-corrected chi connectivity index (χ4v) is 3.42. The second-order valence-corrected chi connectivity index (χ2v) is 6.42. The van der Waals surface area contributed by atoms with Crippen LogP contribution in [-0.4, -0.2) is 17.0 Å². The molecule has 1 saturated heterocycles. The van der Waals surface area contributed by atoms with Crippen LogP contribution < -0.4 is 5.32 Å². The molecule has 2 unspecified atom stereocenters. The van der Waals surface area contributed by atoms with E-state index < -0.39 is 0 Å². The van der Waals surface area contributed by atoms with Crippen molar-refractivity contribution < 1.29 is 0 Å². The highest BCUT2D eigenvalue weighted by molar-refractivity contribution is 8.00. The van der Waals surface area contributed by atoms with Gasteiger partial charge in [-0.25, -0.2) is 0 Å². The molecule has 1 N–H and O–H groups in total. The van der Waals surface area contributed by atoms with Crippen LogP contribution in [0.4, 0.5) is 0 Å². The average molecular weight is 256 g/mol. The molecule has 0 amide bonds. The monoisotopic (exact) mass is 255 g/mol. The summed E-state index contributed by atoms with van der Waals surface area (Å²) < 4.78 is 0. The minimum atomic E-state index is 0.410. The van der Waals surface area contributed by atoms with Crippen molar-refractivity contribution >= 4 is 23.4 Å². The van der Waals surface area contributed by atoms with Crippen LogP contribution >= 0.6 is 23.4 Å². The maximum absolute atomic E-state index is 5.88.